The molecule has 0 radical (unpaired) electrons. The van der Waals surface area contributed by atoms with Crippen molar-refractivity contribution in [1.82, 2.24) is 14.5 Å². The third kappa shape index (κ3) is 2.85. The standard InChI is InChI=1S/C20H16ClN3O/c1-13-11-16-18(22-13)23-19(14-7-3-2-4-8-14)24(20(16)25)12-15-9-5-6-10-17(15)21/h2-11,22H,12H2,1H3. The lowest BCUT2D eigenvalue weighted by atomic mass is 10.1. The molecule has 0 saturated heterocycles. The Bertz CT molecular complexity index is 1110. The van der Waals surface area contributed by atoms with Crippen molar-refractivity contribution in [2.45, 2.75) is 13.5 Å². The summed E-state index contributed by atoms with van der Waals surface area (Å²) in [6.45, 7) is 2.29. The molecule has 0 bridgehead atoms. The van der Waals surface area contributed by atoms with E-state index in [1.807, 2.05) is 67.6 Å². The number of aromatic amines is 1. The van der Waals surface area contributed by atoms with Crippen LogP contribution in [0.3, 0.4) is 0 Å². The van der Waals surface area contributed by atoms with Crippen LogP contribution in [0.1, 0.15) is 11.3 Å². The molecule has 0 aliphatic carbocycles. The zero-order valence-corrected chi connectivity index (χ0v) is 14.4. The molecule has 124 valence electrons. The van der Waals surface area contributed by atoms with E-state index in [9.17, 15) is 4.79 Å². The minimum absolute atomic E-state index is 0.0758. The van der Waals surface area contributed by atoms with Crippen molar-refractivity contribution in [1.29, 1.82) is 0 Å². The molecule has 0 aliphatic heterocycles. The van der Waals surface area contributed by atoms with Crippen molar-refractivity contribution in [3.8, 4) is 11.4 Å². The highest BCUT2D eigenvalue weighted by Gasteiger charge is 2.15. The lowest BCUT2D eigenvalue weighted by Crippen LogP contribution is -2.24. The number of rotatable bonds is 3. The van der Waals surface area contributed by atoms with E-state index in [4.69, 9.17) is 16.6 Å². The predicted octanol–water partition coefficient (Wildman–Crippen LogP) is 4.40. The molecular formula is C20H16ClN3O. The molecule has 0 aliphatic rings. The Morgan fingerprint density at radius 1 is 1.08 bits per heavy atom. The lowest BCUT2D eigenvalue weighted by Gasteiger charge is -2.13. The number of nitrogens with zero attached hydrogens (tertiary/aromatic N) is 2. The second kappa shape index (κ2) is 6.22. The molecule has 1 N–H and O–H groups in total. The Balaban J connectivity index is 1.99. The van der Waals surface area contributed by atoms with Gasteiger partial charge in [-0.15, -0.1) is 0 Å². The Kier molecular flexibility index (Phi) is 3.90. The quantitative estimate of drug-likeness (QED) is 0.596. The summed E-state index contributed by atoms with van der Waals surface area (Å²) < 4.78 is 1.69. The van der Waals surface area contributed by atoms with Crippen molar-refractivity contribution in [2.75, 3.05) is 0 Å². The van der Waals surface area contributed by atoms with Crippen LogP contribution in [0.2, 0.25) is 5.02 Å². The molecule has 2 heterocycles. The average Bonchev–Trinajstić information content (AvgIpc) is 3.00. The van der Waals surface area contributed by atoms with Crippen molar-refractivity contribution in [3.63, 3.8) is 0 Å². The van der Waals surface area contributed by atoms with Crippen LogP contribution in [0.5, 0.6) is 0 Å². The van der Waals surface area contributed by atoms with Gasteiger partial charge in [-0.2, -0.15) is 0 Å². The number of aromatic nitrogens is 3. The van der Waals surface area contributed by atoms with Gasteiger partial charge in [-0.05, 0) is 24.6 Å². The zero-order valence-electron chi connectivity index (χ0n) is 13.7. The Hall–Kier alpha value is -2.85. The predicted molar refractivity (Wildman–Crippen MR) is 101 cm³/mol. The summed E-state index contributed by atoms with van der Waals surface area (Å²) in [5, 5.41) is 1.22. The molecule has 0 spiro atoms. The van der Waals surface area contributed by atoms with E-state index in [1.54, 1.807) is 4.57 Å². The summed E-state index contributed by atoms with van der Waals surface area (Å²) in [5.74, 6) is 0.625. The number of nitrogens with one attached hydrogen (secondary N) is 1. The fraction of sp³-hybridized carbons (Fsp3) is 0.100. The summed E-state index contributed by atoms with van der Waals surface area (Å²) in [6.07, 6.45) is 0. The molecule has 2 aromatic carbocycles. The highest BCUT2D eigenvalue weighted by Crippen LogP contribution is 2.22. The van der Waals surface area contributed by atoms with Crippen LogP contribution in [-0.4, -0.2) is 14.5 Å². The molecule has 2 aromatic heterocycles. The SMILES string of the molecule is Cc1cc2c(=O)n(Cc3ccccc3Cl)c(-c3ccccc3)nc2[nH]1. The Morgan fingerprint density at radius 3 is 2.56 bits per heavy atom. The van der Waals surface area contributed by atoms with Crippen molar-refractivity contribution < 1.29 is 0 Å². The largest absolute Gasteiger partial charge is 0.343 e. The topological polar surface area (TPSA) is 50.7 Å². The molecular weight excluding hydrogens is 334 g/mol. The molecule has 0 unspecified atom stereocenters. The highest BCUT2D eigenvalue weighted by atomic mass is 35.5. The van der Waals surface area contributed by atoms with Gasteiger partial charge in [0, 0.05) is 16.3 Å². The third-order valence-corrected chi connectivity index (χ3v) is 4.57. The first-order valence-corrected chi connectivity index (χ1v) is 8.40. The molecule has 5 heteroatoms. The molecule has 4 rings (SSSR count). The number of hydrogen-bond donors (Lipinski definition) is 1. The maximum Gasteiger partial charge on any atom is 0.263 e. The summed E-state index contributed by atoms with van der Waals surface area (Å²) >= 11 is 6.31. The maximum absolute atomic E-state index is 13.1. The van der Waals surface area contributed by atoms with Gasteiger partial charge in [0.15, 0.2) is 0 Å². The van der Waals surface area contributed by atoms with Gasteiger partial charge in [0.05, 0.1) is 11.9 Å². The number of fused-ring (bicyclic) bond motifs is 1. The summed E-state index contributed by atoms with van der Waals surface area (Å²) in [4.78, 5) is 21.0. The molecule has 4 nitrogen and oxygen atoms in total. The summed E-state index contributed by atoms with van der Waals surface area (Å²) in [7, 11) is 0. The molecule has 4 aromatic rings. The number of benzene rings is 2. The van der Waals surface area contributed by atoms with Crippen molar-refractivity contribution in [2.24, 2.45) is 0 Å². The second-order valence-corrected chi connectivity index (χ2v) is 6.41. The van der Waals surface area contributed by atoms with Gasteiger partial charge < -0.3 is 4.98 Å². The number of aryl methyl sites for hydroxylation is 1. The van der Waals surface area contributed by atoms with Crippen LogP contribution in [0.4, 0.5) is 0 Å². The van der Waals surface area contributed by atoms with Crippen molar-refractivity contribution in [3.05, 3.63) is 87.3 Å². The van der Waals surface area contributed by atoms with Gasteiger partial charge in [0.1, 0.15) is 11.5 Å². The first-order valence-electron chi connectivity index (χ1n) is 8.02. The van der Waals surface area contributed by atoms with Crippen molar-refractivity contribution >= 4 is 22.6 Å². The molecule has 25 heavy (non-hydrogen) atoms. The lowest BCUT2D eigenvalue weighted by molar-refractivity contribution is 0.759. The van der Waals surface area contributed by atoms with Gasteiger partial charge in [-0.25, -0.2) is 4.98 Å². The molecule has 0 amide bonds. The van der Waals surface area contributed by atoms with Crippen LogP contribution in [-0.2, 0) is 6.54 Å². The Morgan fingerprint density at radius 2 is 1.80 bits per heavy atom. The second-order valence-electron chi connectivity index (χ2n) is 6.00. The fourth-order valence-electron chi connectivity index (χ4n) is 2.99. The zero-order chi connectivity index (χ0) is 17.4. The van der Waals surface area contributed by atoms with Gasteiger partial charge >= 0.3 is 0 Å². The van der Waals surface area contributed by atoms with E-state index in [2.05, 4.69) is 4.98 Å². The molecule has 0 fully saturated rings. The average molecular weight is 350 g/mol. The minimum Gasteiger partial charge on any atom is -0.343 e. The van der Waals surface area contributed by atoms with Crippen LogP contribution in [0.15, 0.2) is 65.5 Å². The summed E-state index contributed by atoms with van der Waals surface area (Å²) in [5.41, 5.74) is 3.22. The normalized spacial score (nSPS) is 11.1. The van der Waals surface area contributed by atoms with E-state index in [0.717, 1.165) is 16.8 Å². The van der Waals surface area contributed by atoms with Gasteiger partial charge in [0.25, 0.3) is 5.56 Å². The van der Waals surface area contributed by atoms with E-state index in [-0.39, 0.29) is 5.56 Å². The van der Waals surface area contributed by atoms with Gasteiger partial charge in [-0.3, -0.25) is 9.36 Å². The van der Waals surface area contributed by atoms with E-state index < -0.39 is 0 Å². The van der Waals surface area contributed by atoms with Crippen LogP contribution in [0, 0.1) is 6.92 Å². The van der Waals surface area contributed by atoms with Crippen LogP contribution < -0.4 is 5.56 Å². The number of H-pyrrole nitrogens is 1. The van der Waals surface area contributed by atoms with E-state index in [0.29, 0.717) is 28.4 Å². The smallest absolute Gasteiger partial charge is 0.263 e. The Labute approximate surface area is 149 Å². The minimum atomic E-state index is -0.0758. The van der Waals surface area contributed by atoms with Gasteiger partial charge in [0.2, 0.25) is 0 Å². The van der Waals surface area contributed by atoms with E-state index >= 15 is 0 Å². The highest BCUT2D eigenvalue weighted by molar-refractivity contribution is 6.31. The molecule has 0 saturated carbocycles. The number of halogens is 1. The first kappa shape index (κ1) is 15.7. The fourth-order valence-corrected chi connectivity index (χ4v) is 3.18. The maximum atomic E-state index is 13.1. The van der Waals surface area contributed by atoms with Gasteiger partial charge in [-0.1, -0.05) is 60.1 Å². The van der Waals surface area contributed by atoms with Crippen LogP contribution >= 0.6 is 11.6 Å². The van der Waals surface area contributed by atoms with E-state index in [1.165, 1.54) is 0 Å². The monoisotopic (exact) mass is 349 g/mol. The summed E-state index contributed by atoms with van der Waals surface area (Å²) in [6, 6.07) is 19.1. The molecule has 0 atom stereocenters. The van der Waals surface area contributed by atoms with Crippen LogP contribution in [0.25, 0.3) is 22.4 Å². The number of hydrogen-bond acceptors (Lipinski definition) is 2. The first-order chi connectivity index (χ1) is 12.1. The third-order valence-electron chi connectivity index (χ3n) is 4.20.